The third kappa shape index (κ3) is 5.43. The summed E-state index contributed by atoms with van der Waals surface area (Å²) in [5.74, 6) is -0.120. The maximum atomic E-state index is 12.0. The van der Waals surface area contributed by atoms with Gasteiger partial charge < -0.3 is 10.6 Å². The predicted molar refractivity (Wildman–Crippen MR) is 89.8 cm³/mol. The molecular formula is C14H18IN5O. The molecule has 0 aliphatic rings. The van der Waals surface area contributed by atoms with Gasteiger partial charge >= 0.3 is 0 Å². The summed E-state index contributed by atoms with van der Waals surface area (Å²) in [6, 6.07) is 8.04. The third-order valence-corrected chi connectivity index (χ3v) is 3.36. The Kier molecular flexibility index (Phi) is 5.68. The second-order valence-corrected chi connectivity index (χ2v) is 6.25. The van der Waals surface area contributed by atoms with Crippen LogP contribution in [0.2, 0.25) is 0 Å². The summed E-state index contributed by atoms with van der Waals surface area (Å²) >= 11 is 2.21. The van der Waals surface area contributed by atoms with Gasteiger partial charge in [0.05, 0.1) is 11.9 Å². The van der Waals surface area contributed by atoms with E-state index in [0.29, 0.717) is 12.6 Å². The smallest absolute Gasteiger partial charge is 0.246 e. The summed E-state index contributed by atoms with van der Waals surface area (Å²) in [6.07, 6.45) is 1.78. The Morgan fingerprint density at radius 3 is 2.95 bits per heavy atom. The van der Waals surface area contributed by atoms with E-state index < -0.39 is 0 Å². The van der Waals surface area contributed by atoms with E-state index in [1.165, 1.54) is 0 Å². The van der Waals surface area contributed by atoms with E-state index >= 15 is 0 Å². The fourth-order valence-corrected chi connectivity index (χ4v) is 2.26. The normalized spacial score (nSPS) is 10.9. The molecule has 0 saturated carbocycles. The van der Waals surface area contributed by atoms with Crippen LogP contribution in [-0.2, 0) is 17.9 Å². The Morgan fingerprint density at radius 2 is 2.24 bits per heavy atom. The highest BCUT2D eigenvalue weighted by atomic mass is 127. The predicted octanol–water partition coefficient (Wildman–Crippen LogP) is 2.02. The quantitative estimate of drug-likeness (QED) is 0.730. The van der Waals surface area contributed by atoms with Crippen LogP contribution >= 0.6 is 22.6 Å². The van der Waals surface area contributed by atoms with Gasteiger partial charge in [0.25, 0.3) is 0 Å². The van der Waals surface area contributed by atoms with Crippen LogP contribution in [0.4, 0.5) is 5.69 Å². The number of nitrogens with zero attached hydrogens (tertiary/aromatic N) is 3. The van der Waals surface area contributed by atoms with Crippen LogP contribution in [0.1, 0.15) is 19.5 Å². The minimum absolute atomic E-state index is 0.120. The SMILES string of the molecule is CC(C)NCc1cn(CC(=O)Nc2cccc(I)c2)nn1. The number of hydrogen-bond acceptors (Lipinski definition) is 4. The summed E-state index contributed by atoms with van der Waals surface area (Å²) in [5.41, 5.74) is 1.61. The molecule has 1 heterocycles. The molecule has 2 rings (SSSR count). The third-order valence-electron chi connectivity index (χ3n) is 2.69. The number of benzene rings is 1. The lowest BCUT2D eigenvalue weighted by Crippen LogP contribution is -2.22. The van der Waals surface area contributed by atoms with Gasteiger partial charge in [-0.2, -0.15) is 0 Å². The van der Waals surface area contributed by atoms with Gasteiger partial charge in [0.2, 0.25) is 5.91 Å². The van der Waals surface area contributed by atoms with E-state index in [2.05, 4.69) is 57.4 Å². The molecule has 0 spiro atoms. The first-order valence-corrected chi connectivity index (χ1v) is 7.78. The van der Waals surface area contributed by atoms with Gasteiger partial charge in [-0.05, 0) is 40.8 Å². The molecule has 1 aromatic carbocycles. The van der Waals surface area contributed by atoms with Gasteiger partial charge in [0, 0.05) is 21.8 Å². The number of carbonyl (C=O) groups is 1. The molecule has 0 bridgehead atoms. The number of aromatic nitrogens is 3. The average Bonchev–Trinajstić information content (AvgIpc) is 2.83. The molecule has 1 aromatic heterocycles. The lowest BCUT2D eigenvalue weighted by Gasteiger charge is -2.05. The second-order valence-electron chi connectivity index (χ2n) is 5.00. The summed E-state index contributed by atoms with van der Waals surface area (Å²) < 4.78 is 2.62. The maximum absolute atomic E-state index is 12.0. The number of carbonyl (C=O) groups excluding carboxylic acids is 1. The van der Waals surface area contributed by atoms with Crippen LogP contribution in [0.25, 0.3) is 0 Å². The first-order valence-electron chi connectivity index (χ1n) is 6.71. The van der Waals surface area contributed by atoms with Crippen LogP contribution in [-0.4, -0.2) is 26.9 Å². The Balaban J connectivity index is 1.88. The van der Waals surface area contributed by atoms with E-state index in [1.807, 2.05) is 24.3 Å². The largest absolute Gasteiger partial charge is 0.324 e. The van der Waals surface area contributed by atoms with Crippen molar-refractivity contribution < 1.29 is 4.79 Å². The Bertz CT molecular complexity index is 611. The van der Waals surface area contributed by atoms with Crippen LogP contribution in [0.15, 0.2) is 30.5 Å². The van der Waals surface area contributed by atoms with Gasteiger partial charge in [-0.25, -0.2) is 4.68 Å². The first kappa shape index (κ1) is 15.9. The molecule has 7 heteroatoms. The lowest BCUT2D eigenvalue weighted by atomic mass is 10.3. The Labute approximate surface area is 137 Å². The van der Waals surface area contributed by atoms with E-state index in [0.717, 1.165) is 15.0 Å². The highest BCUT2D eigenvalue weighted by Crippen LogP contribution is 2.12. The molecule has 0 saturated heterocycles. The molecule has 2 aromatic rings. The van der Waals surface area contributed by atoms with Crippen molar-refractivity contribution in [3.63, 3.8) is 0 Å². The van der Waals surface area contributed by atoms with Crippen molar-refractivity contribution in [3.05, 3.63) is 39.7 Å². The van der Waals surface area contributed by atoms with Crippen LogP contribution in [0.3, 0.4) is 0 Å². The molecule has 112 valence electrons. The monoisotopic (exact) mass is 399 g/mol. The first-order chi connectivity index (χ1) is 10.0. The summed E-state index contributed by atoms with van der Waals surface area (Å²) in [4.78, 5) is 12.0. The fourth-order valence-electron chi connectivity index (χ4n) is 1.72. The number of anilines is 1. The highest BCUT2D eigenvalue weighted by molar-refractivity contribution is 14.1. The molecule has 0 fully saturated rings. The van der Waals surface area contributed by atoms with E-state index in [1.54, 1.807) is 10.9 Å². The highest BCUT2D eigenvalue weighted by Gasteiger charge is 2.07. The Morgan fingerprint density at radius 1 is 1.43 bits per heavy atom. The van der Waals surface area contributed by atoms with Crippen LogP contribution in [0.5, 0.6) is 0 Å². The number of hydrogen-bond donors (Lipinski definition) is 2. The van der Waals surface area contributed by atoms with Crippen LogP contribution in [0, 0.1) is 3.57 Å². The molecular weight excluding hydrogens is 381 g/mol. The molecule has 6 nitrogen and oxygen atoms in total. The second kappa shape index (κ2) is 7.51. The molecule has 21 heavy (non-hydrogen) atoms. The zero-order chi connectivity index (χ0) is 15.2. The molecule has 0 aliphatic carbocycles. The molecule has 0 unspecified atom stereocenters. The average molecular weight is 399 g/mol. The number of amides is 1. The summed E-state index contributed by atoms with van der Waals surface area (Å²) in [5, 5.41) is 14.1. The lowest BCUT2D eigenvalue weighted by molar-refractivity contribution is -0.116. The maximum Gasteiger partial charge on any atom is 0.246 e. The van der Waals surface area contributed by atoms with Crippen molar-refractivity contribution in [3.8, 4) is 0 Å². The standard InChI is InChI=1S/C14H18IN5O/c1-10(2)16-7-13-8-20(19-18-13)9-14(21)17-12-5-3-4-11(15)6-12/h3-6,8,10,16H,7,9H2,1-2H3,(H,17,21). The number of rotatable bonds is 6. The Hall–Kier alpha value is -1.48. The van der Waals surface area contributed by atoms with Gasteiger partial charge in [-0.15, -0.1) is 5.10 Å². The summed E-state index contributed by atoms with van der Waals surface area (Å²) in [6.45, 7) is 4.94. The zero-order valence-corrected chi connectivity index (χ0v) is 14.2. The zero-order valence-electron chi connectivity index (χ0n) is 12.0. The number of halogens is 1. The molecule has 0 radical (unpaired) electrons. The van der Waals surface area contributed by atoms with Crippen molar-refractivity contribution in [2.45, 2.75) is 33.0 Å². The summed E-state index contributed by atoms with van der Waals surface area (Å²) in [7, 11) is 0. The van der Waals surface area contributed by atoms with E-state index in [-0.39, 0.29) is 12.5 Å². The van der Waals surface area contributed by atoms with Crippen molar-refractivity contribution in [2.24, 2.45) is 0 Å². The van der Waals surface area contributed by atoms with Gasteiger partial charge in [-0.3, -0.25) is 4.79 Å². The fraction of sp³-hybridized carbons (Fsp3) is 0.357. The van der Waals surface area contributed by atoms with Gasteiger partial charge in [0.15, 0.2) is 0 Å². The topological polar surface area (TPSA) is 71.8 Å². The van der Waals surface area contributed by atoms with Gasteiger partial charge in [-0.1, -0.05) is 25.1 Å². The van der Waals surface area contributed by atoms with Crippen molar-refractivity contribution >= 4 is 34.2 Å². The number of nitrogens with one attached hydrogen (secondary N) is 2. The molecule has 2 N–H and O–H groups in total. The minimum atomic E-state index is -0.120. The van der Waals surface area contributed by atoms with Crippen molar-refractivity contribution in [1.29, 1.82) is 0 Å². The van der Waals surface area contributed by atoms with Crippen molar-refractivity contribution in [2.75, 3.05) is 5.32 Å². The van der Waals surface area contributed by atoms with E-state index in [4.69, 9.17) is 0 Å². The van der Waals surface area contributed by atoms with Gasteiger partial charge in [0.1, 0.15) is 6.54 Å². The molecule has 0 atom stereocenters. The van der Waals surface area contributed by atoms with E-state index in [9.17, 15) is 4.79 Å². The molecule has 0 aliphatic heterocycles. The van der Waals surface area contributed by atoms with Crippen LogP contribution < -0.4 is 10.6 Å². The molecule has 1 amide bonds. The van der Waals surface area contributed by atoms with Crippen molar-refractivity contribution in [1.82, 2.24) is 20.3 Å². The minimum Gasteiger partial charge on any atom is -0.324 e.